The van der Waals surface area contributed by atoms with Crippen LogP contribution in [0, 0.1) is 39.4 Å². The van der Waals surface area contributed by atoms with E-state index in [-0.39, 0.29) is 27.1 Å². The van der Waals surface area contributed by atoms with Gasteiger partial charge in [0, 0.05) is 29.5 Å². The van der Waals surface area contributed by atoms with Gasteiger partial charge in [0.15, 0.2) is 0 Å². The lowest BCUT2D eigenvalue weighted by atomic mass is 9.33. The van der Waals surface area contributed by atoms with Crippen molar-refractivity contribution in [3.05, 3.63) is 34.7 Å². The molecular formula is C34H52N6. The van der Waals surface area contributed by atoms with Crippen LogP contribution in [0.3, 0.4) is 0 Å². The van der Waals surface area contributed by atoms with Crippen molar-refractivity contribution < 1.29 is 0 Å². The average molecular weight is 545 g/mol. The molecule has 3 fully saturated rings. The van der Waals surface area contributed by atoms with Crippen LogP contribution in [-0.4, -0.2) is 20.0 Å². The predicted octanol–water partition coefficient (Wildman–Crippen LogP) is 7.07. The minimum Gasteiger partial charge on any atom is -0.384 e. The Balaban J connectivity index is 1.35. The first-order valence-electron chi connectivity index (χ1n) is 15.9. The van der Waals surface area contributed by atoms with Gasteiger partial charge in [-0.05, 0) is 97.2 Å². The Morgan fingerprint density at radius 3 is 2.38 bits per heavy atom. The van der Waals surface area contributed by atoms with Gasteiger partial charge >= 0.3 is 0 Å². The molecule has 0 aliphatic heterocycles. The summed E-state index contributed by atoms with van der Waals surface area (Å²) < 4.78 is 1.89. The second kappa shape index (κ2) is 7.77. The van der Waals surface area contributed by atoms with E-state index in [2.05, 4.69) is 65.7 Å². The average Bonchev–Trinajstić information content (AvgIpc) is 3.41. The Bertz CT molecular complexity index is 1390. The molecule has 7 rings (SSSR count). The van der Waals surface area contributed by atoms with Crippen LogP contribution in [0.4, 0.5) is 11.6 Å². The lowest BCUT2D eigenvalue weighted by Gasteiger charge is -2.70. The Morgan fingerprint density at radius 1 is 0.950 bits per heavy atom. The monoisotopic (exact) mass is 544 g/mol. The Hall–Kier alpha value is -2.24. The molecule has 6 heteroatoms. The third-order valence-corrected chi connectivity index (χ3v) is 14.3. The molecule has 0 aromatic carbocycles. The molecule has 7 atom stereocenters. The van der Waals surface area contributed by atoms with Crippen molar-refractivity contribution in [3.8, 4) is 0 Å². The van der Waals surface area contributed by atoms with E-state index in [0.29, 0.717) is 23.2 Å². The van der Waals surface area contributed by atoms with Gasteiger partial charge in [-0.1, -0.05) is 60.1 Å². The number of nitrogens with one attached hydrogen (secondary N) is 1. The molecule has 0 spiro atoms. The fraction of sp³-hybridized carbons (Fsp3) is 0.765. The van der Waals surface area contributed by atoms with Crippen LogP contribution in [0.25, 0.3) is 0 Å². The molecule has 6 nitrogen and oxygen atoms in total. The third-order valence-electron chi connectivity index (χ3n) is 14.3. The number of fused-ring (bicyclic) bond motifs is 8. The number of nitrogen functional groups attached to an aromatic ring is 2. The zero-order valence-corrected chi connectivity index (χ0v) is 26.2. The van der Waals surface area contributed by atoms with E-state index >= 15 is 0 Å². The van der Waals surface area contributed by atoms with E-state index < -0.39 is 0 Å². The van der Waals surface area contributed by atoms with Crippen LogP contribution >= 0.6 is 0 Å². The zero-order valence-electron chi connectivity index (χ0n) is 26.2. The molecule has 0 saturated heterocycles. The second-order valence-corrected chi connectivity index (χ2v) is 16.8. The highest BCUT2D eigenvalue weighted by Gasteiger charge is 2.68. The quantitative estimate of drug-likeness (QED) is 0.334. The van der Waals surface area contributed by atoms with Crippen molar-refractivity contribution in [3.63, 3.8) is 0 Å². The highest BCUT2D eigenvalue weighted by atomic mass is 15.3. The van der Waals surface area contributed by atoms with E-state index in [1.54, 1.807) is 5.57 Å². The van der Waals surface area contributed by atoms with Crippen LogP contribution in [0.5, 0.6) is 0 Å². The summed E-state index contributed by atoms with van der Waals surface area (Å²) >= 11 is 0. The Labute approximate surface area is 241 Å². The van der Waals surface area contributed by atoms with Gasteiger partial charge in [-0.2, -0.15) is 10.2 Å². The van der Waals surface area contributed by atoms with Crippen molar-refractivity contribution in [1.29, 1.82) is 0 Å². The van der Waals surface area contributed by atoms with Crippen molar-refractivity contribution in [2.45, 2.75) is 117 Å². The first kappa shape index (κ1) is 26.6. The molecule has 2 heterocycles. The summed E-state index contributed by atoms with van der Waals surface area (Å²) in [7, 11) is 2.00. The van der Waals surface area contributed by atoms with Gasteiger partial charge in [-0.15, -0.1) is 0 Å². The maximum atomic E-state index is 6.53. The van der Waals surface area contributed by atoms with E-state index in [9.17, 15) is 0 Å². The van der Waals surface area contributed by atoms with E-state index in [4.69, 9.17) is 21.7 Å². The minimum atomic E-state index is 0.0245. The number of hydrogen-bond donors (Lipinski definition) is 3. The summed E-state index contributed by atoms with van der Waals surface area (Å²) in [5, 5.41) is 13.0. The van der Waals surface area contributed by atoms with Gasteiger partial charge in [0.1, 0.15) is 11.6 Å². The van der Waals surface area contributed by atoms with E-state index in [1.165, 1.54) is 68.3 Å². The highest BCUT2D eigenvalue weighted by molar-refractivity contribution is 5.49. The fourth-order valence-electron chi connectivity index (χ4n) is 11.9. The van der Waals surface area contributed by atoms with Crippen molar-refractivity contribution >= 4 is 11.6 Å². The van der Waals surface area contributed by atoms with Crippen LogP contribution in [-0.2, 0) is 24.3 Å². The van der Waals surface area contributed by atoms with E-state index in [1.807, 2.05) is 11.7 Å². The summed E-state index contributed by atoms with van der Waals surface area (Å²) in [4.78, 5) is 0. The SMILES string of the molecule is Cn1nc([C@]23CCC(C)(C)CC2C2=CCC4[C@@]5(C)Cc6c(n[nH]c6N)C(C)(C)C5CC[C@@]4(C)[C@]2(C)CC3)cc1N. The minimum absolute atomic E-state index is 0.0245. The van der Waals surface area contributed by atoms with Gasteiger partial charge in [0.25, 0.3) is 0 Å². The Morgan fingerprint density at radius 2 is 1.68 bits per heavy atom. The molecule has 0 radical (unpaired) electrons. The fourth-order valence-corrected chi connectivity index (χ4v) is 11.9. The molecule has 5 N–H and O–H groups in total. The molecule has 40 heavy (non-hydrogen) atoms. The first-order chi connectivity index (χ1) is 18.6. The number of anilines is 2. The number of allylic oxidation sites excluding steroid dienone is 2. The normalized spacial score (nSPS) is 43.0. The van der Waals surface area contributed by atoms with Crippen molar-refractivity contribution in [1.82, 2.24) is 20.0 Å². The molecular weight excluding hydrogens is 492 g/mol. The summed E-state index contributed by atoms with van der Waals surface area (Å²) in [5.74, 6) is 3.35. The molecule has 2 aromatic heterocycles. The first-order valence-corrected chi connectivity index (χ1v) is 15.9. The van der Waals surface area contributed by atoms with Crippen molar-refractivity contribution in [2.75, 3.05) is 11.5 Å². The molecule has 5 aliphatic carbocycles. The number of aromatic amines is 1. The summed E-state index contributed by atoms with van der Waals surface area (Å²) in [6, 6.07) is 2.20. The lowest BCUT2D eigenvalue weighted by Crippen LogP contribution is -2.64. The zero-order chi connectivity index (χ0) is 28.7. The van der Waals surface area contributed by atoms with Gasteiger partial charge in [0.2, 0.25) is 0 Å². The third kappa shape index (κ3) is 3.06. The summed E-state index contributed by atoms with van der Waals surface area (Å²) in [5.41, 5.74) is 19.6. The van der Waals surface area contributed by atoms with Gasteiger partial charge in [-0.3, -0.25) is 9.78 Å². The number of rotatable bonds is 1. The van der Waals surface area contributed by atoms with Crippen molar-refractivity contribution in [2.24, 2.45) is 46.5 Å². The second-order valence-electron chi connectivity index (χ2n) is 16.8. The standard InChI is InChI=1S/C34H52N6/c1-29(2)13-15-34(25-17-26(35)40(8)39-25)16-14-32(6)21(22(34)19-29)9-10-24-31(5)18-20-27(37-38-28(20)36)30(3,4)23(31)11-12-33(24,32)7/h9,17,22-24H,10-16,18-19,35H2,1-8H3,(H3,36,37,38)/t22?,23?,24?,31-,32+,33+,34-/m0/s1. The van der Waals surface area contributed by atoms with Gasteiger partial charge in [0.05, 0.1) is 11.4 Å². The summed E-state index contributed by atoms with van der Waals surface area (Å²) in [6.45, 7) is 17.8. The van der Waals surface area contributed by atoms with E-state index in [0.717, 1.165) is 18.1 Å². The number of nitrogens with zero attached hydrogens (tertiary/aromatic N) is 3. The lowest BCUT2D eigenvalue weighted by molar-refractivity contribution is -0.154. The molecule has 2 aromatic rings. The molecule has 0 bridgehead atoms. The number of aryl methyl sites for hydroxylation is 1. The number of aromatic nitrogens is 4. The molecule has 218 valence electrons. The largest absolute Gasteiger partial charge is 0.384 e. The maximum absolute atomic E-state index is 6.53. The molecule has 3 unspecified atom stereocenters. The van der Waals surface area contributed by atoms with Crippen LogP contribution in [0.1, 0.15) is 117 Å². The number of hydrogen-bond acceptors (Lipinski definition) is 4. The molecule has 5 aliphatic rings. The highest BCUT2D eigenvalue weighted by Crippen LogP contribution is 2.75. The summed E-state index contributed by atoms with van der Waals surface area (Å²) in [6.07, 6.45) is 13.7. The van der Waals surface area contributed by atoms with Gasteiger partial charge in [-0.25, -0.2) is 0 Å². The molecule has 3 saturated carbocycles. The maximum Gasteiger partial charge on any atom is 0.122 e. The molecule has 0 amide bonds. The predicted molar refractivity (Wildman–Crippen MR) is 163 cm³/mol. The van der Waals surface area contributed by atoms with Crippen LogP contribution in [0.15, 0.2) is 17.7 Å². The van der Waals surface area contributed by atoms with Crippen LogP contribution in [0.2, 0.25) is 0 Å². The smallest absolute Gasteiger partial charge is 0.122 e. The van der Waals surface area contributed by atoms with Crippen LogP contribution < -0.4 is 11.5 Å². The number of nitrogens with two attached hydrogens (primary N) is 2. The van der Waals surface area contributed by atoms with Gasteiger partial charge < -0.3 is 11.5 Å². The Kier molecular flexibility index (Phi) is 5.18. The topological polar surface area (TPSA) is 98.5 Å². The number of H-pyrrole nitrogens is 1.